The number of hydrogen-bond acceptors (Lipinski definition) is 4. The molecule has 2 amide bonds. The van der Waals surface area contributed by atoms with Crippen LogP contribution in [-0.2, 0) is 4.79 Å². The first kappa shape index (κ1) is 19.9. The molecule has 2 atom stereocenters. The summed E-state index contributed by atoms with van der Waals surface area (Å²) >= 11 is 0. The molecule has 158 valence electrons. The number of rotatable bonds is 4. The topological polar surface area (TPSA) is 73.3 Å². The SMILES string of the molecule is O=C(C1CC(Oc2ccc(F)cc2)CN1C(=O)O)N1CCN(C2CCCC2)CC1. The number of carboxylic acid groups (broad SMARTS) is 1. The van der Waals surface area contributed by atoms with Crippen molar-refractivity contribution >= 4 is 12.0 Å². The maximum absolute atomic E-state index is 13.1. The largest absolute Gasteiger partial charge is 0.488 e. The van der Waals surface area contributed by atoms with Gasteiger partial charge in [-0.3, -0.25) is 14.6 Å². The standard InChI is InChI=1S/C21H28FN3O4/c22-15-5-7-17(8-6-15)29-18-13-19(25(14-18)21(27)28)20(26)24-11-9-23(10-12-24)16-3-1-2-4-16/h5-8,16,18-19H,1-4,9-14H2,(H,27,28). The van der Waals surface area contributed by atoms with Gasteiger partial charge in [0, 0.05) is 38.6 Å². The van der Waals surface area contributed by atoms with Gasteiger partial charge in [0.2, 0.25) is 5.91 Å². The first-order chi connectivity index (χ1) is 14.0. The van der Waals surface area contributed by atoms with E-state index in [1.807, 2.05) is 0 Å². The molecule has 4 rings (SSSR count). The monoisotopic (exact) mass is 405 g/mol. The first-order valence-corrected chi connectivity index (χ1v) is 10.5. The Morgan fingerprint density at radius 2 is 1.69 bits per heavy atom. The lowest BCUT2D eigenvalue weighted by Gasteiger charge is -2.39. The van der Waals surface area contributed by atoms with Crippen LogP contribution in [0.25, 0.3) is 0 Å². The van der Waals surface area contributed by atoms with Crippen LogP contribution in [0.4, 0.5) is 9.18 Å². The number of amides is 2. The number of piperazine rings is 1. The third kappa shape index (κ3) is 4.47. The van der Waals surface area contributed by atoms with Gasteiger partial charge in [-0.05, 0) is 37.1 Å². The van der Waals surface area contributed by atoms with Gasteiger partial charge in [0.25, 0.3) is 0 Å². The minimum absolute atomic E-state index is 0.130. The van der Waals surface area contributed by atoms with E-state index in [0.29, 0.717) is 31.3 Å². The molecule has 0 aromatic heterocycles. The predicted octanol–water partition coefficient (Wildman–Crippen LogP) is 2.41. The molecule has 2 heterocycles. The summed E-state index contributed by atoms with van der Waals surface area (Å²) in [5.74, 6) is -0.0237. The molecule has 1 aromatic carbocycles. The van der Waals surface area contributed by atoms with Crippen LogP contribution in [0.2, 0.25) is 0 Å². The molecule has 29 heavy (non-hydrogen) atoms. The number of halogens is 1. The smallest absolute Gasteiger partial charge is 0.408 e. The minimum atomic E-state index is -1.11. The van der Waals surface area contributed by atoms with E-state index in [1.54, 1.807) is 4.90 Å². The van der Waals surface area contributed by atoms with Gasteiger partial charge in [-0.25, -0.2) is 9.18 Å². The van der Waals surface area contributed by atoms with Crippen LogP contribution >= 0.6 is 0 Å². The van der Waals surface area contributed by atoms with E-state index >= 15 is 0 Å². The highest BCUT2D eigenvalue weighted by atomic mass is 19.1. The molecule has 0 spiro atoms. The molecule has 2 saturated heterocycles. The van der Waals surface area contributed by atoms with E-state index in [2.05, 4.69) is 4.90 Å². The summed E-state index contributed by atoms with van der Waals surface area (Å²) < 4.78 is 18.9. The van der Waals surface area contributed by atoms with Crippen molar-refractivity contribution in [2.45, 2.75) is 50.3 Å². The summed E-state index contributed by atoms with van der Waals surface area (Å²) in [7, 11) is 0. The summed E-state index contributed by atoms with van der Waals surface area (Å²) in [5.41, 5.74) is 0. The van der Waals surface area contributed by atoms with Crippen LogP contribution in [0.3, 0.4) is 0 Å². The van der Waals surface area contributed by atoms with Gasteiger partial charge in [0.15, 0.2) is 0 Å². The second kappa shape index (κ2) is 8.57. The Kier molecular flexibility index (Phi) is 5.89. The molecule has 3 fully saturated rings. The van der Waals surface area contributed by atoms with E-state index in [1.165, 1.54) is 54.8 Å². The number of carbonyl (C=O) groups is 2. The van der Waals surface area contributed by atoms with Crippen molar-refractivity contribution in [3.63, 3.8) is 0 Å². The average molecular weight is 405 g/mol. The lowest BCUT2D eigenvalue weighted by atomic mass is 10.1. The number of ether oxygens (including phenoxy) is 1. The molecule has 2 aliphatic heterocycles. The summed E-state index contributed by atoms with van der Waals surface area (Å²) in [6.45, 7) is 3.12. The van der Waals surface area contributed by atoms with E-state index in [9.17, 15) is 19.1 Å². The Labute approximate surface area is 170 Å². The quantitative estimate of drug-likeness (QED) is 0.833. The van der Waals surface area contributed by atoms with Gasteiger partial charge in [0.1, 0.15) is 23.7 Å². The highest BCUT2D eigenvalue weighted by Gasteiger charge is 2.43. The Morgan fingerprint density at radius 1 is 1.03 bits per heavy atom. The lowest BCUT2D eigenvalue weighted by Crippen LogP contribution is -2.55. The third-order valence-electron chi connectivity index (χ3n) is 6.38. The minimum Gasteiger partial charge on any atom is -0.488 e. The Hall–Kier alpha value is -2.35. The Bertz CT molecular complexity index is 730. The van der Waals surface area contributed by atoms with E-state index < -0.39 is 18.2 Å². The summed E-state index contributed by atoms with van der Waals surface area (Å²) in [4.78, 5) is 30.2. The van der Waals surface area contributed by atoms with Crippen LogP contribution in [0.1, 0.15) is 32.1 Å². The molecule has 0 bridgehead atoms. The van der Waals surface area contributed by atoms with Crippen molar-refractivity contribution in [2.75, 3.05) is 32.7 Å². The highest BCUT2D eigenvalue weighted by molar-refractivity contribution is 5.86. The van der Waals surface area contributed by atoms with Crippen LogP contribution in [-0.4, -0.2) is 82.7 Å². The summed E-state index contributed by atoms with van der Waals surface area (Å²) in [6.07, 6.45) is 3.83. The molecular formula is C21H28FN3O4. The van der Waals surface area contributed by atoms with Gasteiger partial charge >= 0.3 is 6.09 Å². The molecule has 7 nitrogen and oxygen atoms in total. The number of nitrogens with zero attached hydrogens (tertiary/aromatic N) is 3. The Balaban J connectivity index is 1.36. The second-order valence-electron chi connectivity index (χ2n) is 8.18. The van der Waals surface area contributed by atoms with Crippen molar-refractivity contribution < 1.29 is 23.8 Å². The number of likely N-dealkylation sites (tertiary alicyclic amines) is 1. The van der Waals surface area contributed by atoms with Crippen LogP contribution in [0.15, 0.2) is 24.3 Å². The number of hydrogen-bond donors (Lipinski definition) is 1. The van der Waals surface area contributed by atoms with Crippen molar-refractivity contribution in [1.82, 2.24) is 14.7 Å². The first-order valence-electron chi connectivity index (χ1n) is 10.5. The number of benzene rings is 1. The molecule has 2 unspecified atom stereocenters. The maximum Gasteiger partial charge on any atom is 0.408 e. The summed E-state index contributed by atoms with van der Waals surface area (Å²) in [6, 6.07) is 5.53. The van der Waals surface area contributed by atoms with Gasteiger partial charge in [0.05, 0.1) is 6.54 Å². The molecule has 0 radical (unpaired) electrons. The molecule has 8 heteroatoms. The van der Waals surface area contributed by atoms with Gasteiger partial charge in [-0.15, -0.1) is 0 Å². The molecule has 1 N–H and O–H groups in total. The molecule has 3 aliphatic rings. The predicted molar refractivity (Wildman–Crippen MR) is 104 cm³/mol. The number of carbonyl (C=O) groups excluding carboxylic acids is 1. The molecular weight excluding hydrogens is 377 g/mol. The highest BCUT2D eigenvalue weighted by Crippen LogP contribution is 2.27. The van der Waals surface area contributed by atoms with E-state index in [0.717, 1.165) is 13.1 Å². The average Bonchev–Trinajstić information content (AvgIpc) is 3.40. The van der Waals surface area contributed by atoms with Crippen molar-refractivity contribution in [3.05, 3.63) is 30.1 Å². The van der Waals surface area contributed by atoms with Gasteiger partial charge in [-0.2, -0.15) is 0 Å². The zero-order chi connectivity index (χ0) is 20.4. The van der Waals surface area contributed by atoms with Crippen LogP contribution < -0.4 is 4.74 Å². The molecule has 1 saturated carbocycles. The zero-order valence-corrected chi connectivity index (χ0v) is 16.5. The fourth-order valence-corrected chi connectivity index (χ4v) is 4.82. The lowest BCUT2D eigenvalue weighted by molar-refractivity contribution is -0.137. The van der Waals surface area contributed by atoms with E-state index in [-0.39, 0.29) is 18.3 Å². The Morgan fingerprint density at radius 3 is 2.31 bits per heavy atom. The van der Waals surface area contributed by atoms with Crippen LogP contribution in [0.5, 0.6) is 5.75 Å². The fourth-order valence-electron chi connectivity index (χ4n) is 4.82. The normalized spacial score (nSPS) is 26.1. The van der Waals surface area contributed by atoms with Gasteiger partial charge < -0.3 is 14.7 Å². The van der Waals surface area contributed by atoms with E-state index in [4.69, 9.17) is 4.74 Å². The molecule has 1 aliphatic carbocycles. The van der Waals surface area contributed by atoms with Crippen molar-refractivity contribution in [3.8, 4) is 5.75 Å². The fraction of sp³-hybridized carbons (Fsp3) is 0.619. The van der Waals surface area contributed by atoms with Gasteiger partial charge in [-0.1, -0.05) is 12.8 Å². The van der Waals surface area contributed by atoms with Crippen molar-refractivity contribution in [1.29, 1.82) is 0 Å². The molecule has 1 aromatic rings. The summed E-state index contributed by atoms with van der Waals surface area (Å²) in [5, 5.41) is 9.58. The second-order valence-corrected chi connectivity index (χ2v) is 8.18. The third-order valence-corrected chi connectivity index (χ3v) is 6.38. The van der Waals surface area contributed by atoms with Crippen molar-refractivity contribution in [2.24, 2.45) is 0 Å². The van der Waals surface area contributed by atoms with Crippen LogP contribution in [0, 0.1) is 5.82 Å². The maximum atomic E-state index is 13.1. The zero-order valence-electron chi connectivity index (χ0n) is 16.5.